The minimum absolute atomic E-state index is 0.673. The monoisotopic (exact) mass is 265 g/mol. The third-order valence-corrected chi connectivity index (χ3v) is 4.47. The first-order chi connectivity index (χ1) is 9.38. The highest BCUT2D eigenvalue weighted by atomic mass is 14.9. The molecule has 1 heteroatoms. The van der Waals surface area contributed by atoms with Gasteiger partial charge in [-0.25, -0.2) is 0 Å². The van der Waals surface area contributed by atoms with Gasteiger partial charge in [-0.3, -0.25) is 0 Å². The molecule has 0 aliphatic heterocycles. The predicted molar refractivity (Wildman–Crippen MR) is 86.6 cm³/mol. The summed E-state index contributed by atoms with van der Waals surface area (Å²) in [4.78, 5) is 0. The molecule has 0 saturated heterocycles. The molecule has 1 aliphatic carbocycles. The van der Waals surface area contributed by atoms with Crippen LogP contribution in [0.25, 0.3) is 0 Å². The zero-order valence-corrected chi connectivity index (χ0v) is 13.3. The van der Waals surface area contributed by atoms with Crippen LogP contribution < -0.4 is 5.32 Å². The van der Waals surface area contributed by atoms with Gasteiger partial charge in [-0.15, -0.1) is 0 Å². The van der Waals surface area contributed by atoms with Gasteiger partial charge >= 0.3 is 0 Å². The SMILES string of the molecule is CCCCCCCCCCCC(NC)C1=CCCC1. The molecule has 1 nitrogen and oxygen atoms in total. The van der Waals surface area contributed by atoms with Crippen LogP contribution in [0.15, 0.2) is 11.6 Å². The van der Waals surface area contributed by atoms with Gasteiger partial charge in [0, 0.05) is 6.04 Å². The van der Waals surface area contributed by atoms with Crippen molar-refractivity contribution < 1.29 is 0 Å². The van der Waals surface area contributed by atoms with Crippen molar-refractivity contribution in [1.29, 1.82) is 0 Å². The summed E-state index contributed by atoms with van der Waals surface area (Å²) in [6.45, 7) is 2.29. The third kappa shape index (κ3) is 7.77. The van der Waals surface area contributed by atoms with Crippen molar-refractivity contribution in [3.8, 4) is 0 Å². The van der Waals surface area contributed by atoms with Gasteiger partial charge in [-0.2, -0.15) is 0 Å². The first-order valence-corrected chi connectivity index (χ1v) is 8.74. The molecule has 0 fully saturated rings. The molecule has 1 unspecified atom stereocenters. The van der Waals surface area contributed by atoms with Gasteiger partial charge in [0.1, 0.15) is 0 Å². The number of allylic oxidation sites excluding steroid dienone is 1. The largest absolute Gasteiger partial charge is 0.313 e. The van der Waals surface area contributed by atoms with Crippen LogP contribution in [0.3, 0.4) is 0 Å². The van der Waals surface area contributed by atoms with E-state index in [4.69, 9.17) is 0 Å². The van der Waals surface area contributed by atoms with E-state index in [0.29, 0.717) is 6.04 Å². The lowest BCUT2D eigenvalue weighted by Gasteiger charge is -2.17. The summed E-state index contributed by atoms with van der Waals surface area (Å²) < 4.78 is 0. The Morgan fingerprint density at radius 2 is 1.63 bits per heavy atom. The molecule has 0 spiro atoms. The van der Waals surface area contributed by atoms with Gasteiger partial charge in [0.2, 0.25) is 0 Å². The van der Waals surface area contributed by atoms with E-state index in [1.165, 1.54) is 83.5 Å². The molecular formula is C18H35N. The van der Waals surface area contributed by atoms with Crippen molar-refractivity contribution in [2.24, 2.45) is 0 Å². The zero-order chi connectivity index (χ0) is 13.8. The van der Waals surface area contributed by atoms with Crippen LogP contribution in [0.2, 0.25) is 0 Å². The Hall–Kier alpha value is -0.300. The molecule has 0 aromatic rings. The standard InChI is InChI=1S/C18H35N/c1-3-4-5-6-7-8-9-10-11-16-18(19-2)17-14-12-13-15-17/h14,18-19H,3-13,15-16H2,1-2H3. The Balaban J connectivity index is 1.91. The average molecular weight is 265 g/mol. The molecule has 1 rings (SSSR count). The number of nitrogens with one attached hydrogen (secondary N) is 1. The molecule has 0 saturated carbocycles. The molecular weight excluding hydrogens is 230 g/mol. The van der Waals surface area contributed by atoms with E-state index in [2.05, 4.69) is 25.4 Å². The molecule has 0 aromatic heterocycles. The van der Waals surface area contributed by atoms with Crippen molar-refractivity contribution >= 4 is 0 Å². The van der Waals surface area contributed by atoms with E-state index in [0.717, 1.165) is 0 Å². The summed E-state index contributed by atoms with van der Waals surface area (Å²) in [5.41, 5.74) is 1.68. The van der Waals surface area contributed by atoms with E-state index in [9.17, 15) is 0 Å². The fourth-order valence-electron chi connectivity index (χ4n) is 3.19. The number of rotatable bonds is 12. The predicted octanol–water partition coefficient (Wildman–Crippen LogP) is 5.61. The second-order valence-electron chi connectivity index (χ2n) is 6.13. The number of hydrogen-bond donors (Lipinski definition) is 1. The van der Waals surface area contributed by atoms with Gasteiger partial charge in [-0.1, -0.05) is 76.4 Å². The van der Waals surface area contributed by atoms with Crippen LogP contribution in [0.1, 0.15) is 90.4 Å². The Kier molecular flexibility index (Phi) is 10.2. The maximum absolute atomic E-state index is 3.50. The lowest BCUT2D eigenvalue weighted by molar-refractivity contribution is 0.510. The van der Waals surface area contributed by atoms with Crippen molar-refractivity contribution in [2.45, 2.75) is 96.4 Å². The Bertz CT molecular complexity index is 232. The summed E-state index contributed by atoms with van der Waals surface area (Å²) >= 11 is 0. The Labute approximate surface area is 121 Å². The van der Waals surface area contributed by atoms with Crippen molar-refractivity contribution in [3.63, 3.8) is 0 Å². The first-order valence-electron chi connectivity index (χ1n) is 8.74. The molecule has 0 aromatic carbocycles. The van der Waals surface area contributed by atoms with Crippen molar-refractivity contribution in [3.05, 3.63) is 11.6 Å². The minimum Gasteiger partial charge on any atom is -0.313 e. The van der Waals surface area contributed by atoms with Crippen LogP contribution in [-0.4, -0.2) is 13.1 Å². The van der Waals surface area contributed by atoms with Crippen LogP contribution >= 0.6 is 0 Å². The van der Waals surface area contributed by atoms with Crippen molar-refractivity contribution in [1.82, 2.24) is 5.32 Å². The van der Waals surface area contributed by atoms with Crippen LogP contribution in [0.4, 0.5) is 0 Å². The van der Waals surface area contributed by atoms with Gasteiger partial charge < -0.3 is 5.32 Å². The molecule has 0 radical (unpaired) electrons. The highest BCUT2D eigenvalue weighted by Gasteiger charge is 2.14. The number of unbranched alkanes of at least 4 members (excludes halogenated alkanes) is 8. The van der Waals surface area contributed by atoms with Gasteiger partial charge in [-0.05, 0) is 32.7 Å². The second kappa shape index (κ2) is 11.5. The van der Waals surface area contributed by atoms with Crippen molar-refractivity contribution in [2.75, 3.05) is 7.05 Å². The second-order valence-corrected chi connectivity index (χ2v) is 6.13. The van der Waals surface area contributed by atoms with Gasteiger partial charge in [0.25, 0.3) is 0 Å². The molecule has 1 atom stereocenters. The van der Waals surface area contributed by atoms with Gasteiger partial charge in [0.05, 0.1) is 0 Å². The van der Waals surface area contributed by atoms with E-state index in [1.54, 1.807) is 5.57 Å². The van der Waals surface area contributed by atoms with Gasteiger partial charge in [0.15, 0.2) is 0 Å². The highest BCUT2D eigenvalue weighted by Crippen LogP contribution is 2.23. The molecule has 1 aliphatic rings. The Morgan fingerprint density at radius 1 is 1.00 bits per heavy atom. The quantitative estimate of drug-likeness (QED) is 0.357. The maximum atomic E-state index is 3.50. The number of likely N-dealkylation sites (N-methyl/N-ethyl adjacent to an activating group) is 1. The molecule has 1 N–H and O–H groups in total. The molecule has 0 bridgehead atoms. The summed E-state index contributed by atoms with van der Waals surface area (Å²) in [6.07, 6.45) is 20.7. The third-order valence-electron chi connectivity index (χ3n) is 4.47. The van der Waals surface area contributed by atoms with E-state index >= 15 is 0 Å². The summed E-state index contributed by atoms with van der Waals surface area (Å²) in [5, 5.41) is 3.50. The minimum atomic E-state index is 0.673. The maximum Gasteiger partial charge on any atom is 0.0276 e. The molecule has 0 amide bonds. The van der Waals surface area contributed by atoms with E-state index < -0.39 is 0 Å². The first kappa shape index (κ1) is 16.8. The summed E-state index contributed by atoms with van der Waals surface area (Å²) in [6, 6.07) is 0.673. The summed E-state index contributed by atoms with van der Waals surface area (Å²) in [5.74, 6) is 0. The van der Waals surface area contributed by atoms with Crippen LogP contribution in [0, 0.1) is 0 Å². The highest BCUT2D eigenvalue weighted by molar-refractivity contribution is 5.14. The number of hydrogen-bond acceptors (Lipinski definition) is 1. The fraction of sp³-hybridized carbons (Fsp3) is 0.889. The van der Waals surface area contributed by atoms with Crippen LogP contribution in [-0.2, 0) is 0 Å². The van der Waals surface area contributed by atoms with E-state index in [-0.39, 0.29) is 0 Å². The lowest BCUT2D eigenvalue weighted by Crippen LogP contribution is -2.26. The topological polar surface area (TPSA) is 12.0 Å². The molecule has 0 heterocycles. The molecule has 19 heavy (non-hydrogen) atoms. The average Bonchev–Trinajstić information content (AvgIpc) is 2.95. The zero-order valence-electron chi connectivity index (χ0n) is 13.3. The molecule has 112 valence electrons. The summed E-state index contributed by atoms with van der Waals surface area (Å²) in [7, 11) is 2.12. The lowest BCUT2D eigenvalue weighted by atomic mass is 9.99. The smallest absolute Gasteiger partial charge is 0.0276 e. The fourth-order valence-corrected chi connectivity index (χ4v) is 3.19. The normalized spacial score (nSPS) is 16.6. The van der Waals surface area contributed by atoms with E-state index in [1.807, 2.05) is 0 Å². The Morgan fingerprint density at radius 3 is 2.16 bits per heavy atom. The van der Waals surface area contributed by atoms with Crippen LogP contribution in [0.5, 0.6) is 0 Å².